The van der Waals surface area contributed by atoms with Gasteiger partial charge in [0.05, 0.1) is 16.9 Å². The van der Waals surface area contributed by atoms with Gasteiger partial charge in [0.25, 0.3) is 5.91 Å². The quantitative estimate of drug-likeness (QED) is 0.405. The van der Waals surface area contributed by atoms with Gasteiger partial charge < -0.3 is 20.0 Å². The van der Waals surface area contributed by atoms with E-state index in [1.54, 1.807) is 12.3 Å². The highest BCUT2D eigenvalue weighted by Crippen LogP contribution is 2.56. The molecular weight excluding hydrogens is 418 g/mol. The summed E-state index contributed by atoms with van der Waals surface area (Å²) in [6, 6.07) is 13.4. The number of carbonyl (C=O) groups excluding carboxylic acids is 2. The summed E-state index contributed by atoms with van der Waals surface area (Å²) < 4.78 is 4.88. The number of benzene rings is 1. The monoisotopic (exact) mass is 439 g/mol. The number of pyridine rings is 1. The number of Topliss-reactive ketones (excluding diaryl/α,β-unsaturated/α-hetero) is 1. The first kappa shape index (κ1) is 19.5. The number of nitrogens with one attached hydrogen (secondary N) is 3. The zero-order chi connectivity index (χ0) is 22.4. The second-order valence-electron chi connectivity index (χ2n) is 8.75. The highest BCUT2D eigenvalue weighted by Gasteiger charge is 2.49. The van der Waals surface area contributed by atoms with Crippen LogP contribution in [0, 0.1) is 5.41 Å². The van der Waals surface area contributed by atoms with Crippen LogP contribution in [0.3, 0.4) is 0 Å². The standard InChI is InChI=1S/C25H21N5O3/c31-19-12-25(7-8-25)11-17-21(19)23(28-16-4-2-1-3-5-16)22(29-17)15-6-9-26-20(10-15)30-24(32)18-13-33-14-27-18/h1-6,9-10,13-14,28-29H,7-8,11-12H2,(H,26,30,32). The van der Waals surface area contributed by atoms with E-state index in [0.717, 1.165) is 53.2 Å². The van der Waals surface area contributed by atoms with Gasteiger partial charge in [-0.3, -0.25) is 9.59 Å². The third kappa shape index (κ3) is 3.59. The van der Waals surface area contributed by atoms with Crippen molar-refractivity contribution in [3.8, 4) is 11.3 Å². The summed E-state index contributed by atoms with van der Waals surface area (Å²) in [6.45, 7) is 0. The van der Waals surface area contributed by atoms with Gasteiger partial charge >= 0.3 is 0 Å². The molecule has 1 spiro atoms. The lowest BCUT2D eigenvalue weighted by atomic mass is 9.83. The highest BCUT2D eigenvalue weighted by molar-refractivity contribution is 6.08. The number of para-hydroxylation sites is 1. The predicted octanol–water partition coefficient (Wildman–Crippen LogP) is 4.97. The normalized spacial score (nSPS) is 15.8. The zero-order valence-corrected chi connectivity index (χ0v) is 17.7. The molecule has 164 valence electrons. The van der Waals surface area contributed by atoms with Crippen molar-refractivity contribution in [1.82, 2.24) is 15.0 Å². The number of amides is 1. The Morgan fingerprint density at radius 2 is 1.94 bits per heavy atom. The van der Waals surface area contributed by atoms with Gasteiger partial charge in [-0.25, -0.2) is 9.97 Å². The van der Waals surface area contributed by atoms with Crippen molar-refractivity contribution in [3.63, 3.8) is 0 Å². The smallest absolute Gasteiger partial charge is 0.278 e. The minimum Gasteiger partial charge on any atom is -0.451 e. The fraction of sp³-hybridized carbons (Fsp3) is 0.200. The van der Waals surface area contributed by atoms with Crippen LogP contribution in [-0.4, -0.2) is 26.6 Å². The van der Waals surface area contributed by atoms with Gasteiger partial charge in [0.15, 0.2) is 17.9 Å². The third-order valence-electron chi connectivity index (χ3n) is 6.40. The van der Waals surface area contributed by atoms with Gasteiger partial charge in [0, 0.05) is 29.6 Å². The number of aromatic amines is 1. The lowest BCUT2D eigenvalue weighted by Gasteiger charge is -2.21. The summed E-state index contributed by atoms with van der Waals surface area (Å²) in [6.07, 6.45) is 7.77. The van der Waals surface area contributed by atoms with Gasteiger partial charge in [-0.1, -0.05) is 18.2 Å². The topological polar surface area (TPSA) is 113 Å². The molecule has 3 N–H and O–H groups in total. The number of aromatic nitrogens is 3. The Hall–Kier alpha value is -4.20. The van der Waals surface area contributed by atoms with Crippen molar-refractivity contribution in [2.24, 2.45) is 5.41 Å². The third-order valence-corrected chi connectivity index (χ3v) is 6.40. The van der Waals surface area contributed by atoms with Gasteiger partial charge in [0.1, 0.15) is 12.1 Å². The number of H-pyrrole nitrogens is 1. The Morgan fingerprint density at radius 3 is 2.70 bits per heavy atom. The van der Waals surface area contributed by atoms with Crippen molar-refractivity contribution in [3.05, 3.63) is 78.3 Å². The molecule has 2 aliphatic rings. The van der Waals surface area contributed by atoms with Crippen LogP contribution in [0.15, 0.2) is 65.7 Å². The van der Waals surface area contributed by atoms with Crippen molar-refractivity contribution >= 4 is 28.9 Å². The Morgan fingerprint density at radius 1 is 1.09 bits per heavy atom. The molecule has 0 saturated heterocycles. The largest absolute Gasteiger partial charge is 0.451 e. The second kappa shape index (κ2) is 7.44. The van der Waals surface area contributed by atoms with Gasteiger partial charge in [0.2, 0.25) is 0 Å². The van der Waals surface area contributed by atoms with Crippen molar-refractivity contribution in [1.29, 1.82) is 0 Å². The summed E-state index contributed by atoms with van der Waals surface area (Å²) >= 11 is 0. The molecule has 0 atom stereocenters. The first-order chi connectivity index (χ1) is 16.1. The van der Waals surface area contributed by atoms with Gasteiger partial charge in [-0.05, 0) is 48.9 Å². The van der Waals surface area contributed by atoms with Crippen LogP contribution in [0.5, 0.6) is 0 Å². The molecule has 0 bridgehead atoms. The van der Waals surface area contributed by atoms with Crippen LogP contribution in [0.4, 0.5) is 17.2 Å². The average Bonchev–Trinajstić information content (AvgIpc) is 3.21. The Kier molecular flexibility index (Phi) is 4.39. The number of hydrogen-bond donors (Lipinski definition) is 3. The van der Waals surface area contributed by atoms with E-state index in [-0.39, 0.29) is 16.9 Å². The molecule has 33 heavy (non-hydrogen) atoms. The van der Waals surface area contributed by atoms with Crippen LogP contribution in [0.25, 0.3) is 11.3 Å². The molecule has 8 heteroatoms. The molecule has 1 amide bonds. The van der Waals surface area contributed by atoms with Crippen molar-refractivity contribution in [2.75, 3.05) is 10.6 Å². The van der Waals surface area contributed by atoms with Gasteiger partial charge in [-0.15, -0.1) is 0 Å². The Bertz CT molecular complexity index is 1350. The predicted molar refractivity (Wildman–Crippen MR) is 123 cm³/mol. The van der Waals surface area contributed by atoms with E-state index in [1.807, 2.05) is 36.4 Å². The van der Waals surface area contributed by atoms with Gasteiger partial charge in [-0.2, -0.15) is 0 Å². The molecule has 3 aromatic heterocycles. The molecule has 0 unspecified atom stereocenters. The van der Waals surface area contributed by atoms with E-state index in [1.165, 1.54) is 12.7 Å². The average molecular weight is 439 g/mol. The summed E-state index contributed by atoms with van der Waals surface area (Å²) in [5.41, 5.74) is 5.28. The lowest BCUT2D eigenvalue weighted by Crippen LogP contribution is -2.21. The molecule has 4 aromatic rings. The SMILES string of the molecule is O=C(Nc1cc(-c2[nH]c3c(c2Nc2ccccc2)C(=O)CC2(CC2)C3)ccn1)c1cocn1. The number of ketones is 1. The number of anilines is 3. The van der Waals surface area contributed by atoms with E-state index in [4.69, 9.17) is 4.42 Å². The summed E-state index contributed by atoms with van der Waals surface area (Å²) in [5, 5.41) is 6.20. The van der Waals surface area contributed by atoms with Crippen molar-refractivity contribution in [2.45, 2.75) is 25.7 Å². The second-order valence-corrected chi connectivity index (χ2v) is 8.75. The maximum atomic E-state index is 13.2. The number of hydrogen-bond acceptors (Lipinski definition) is 6. The number of fused-ring (bicyclic) bond motifs is 1. The van der Waals surface area contributed by atoms with Crippen molar-refractivity contribution < 1.29 is 14.0 Å². The van der Waals surface area contributed by atoms with Crippen LogP contribution < -0.4 is 10.6 Å². The molecule has 6 rings (SSSR count). The number of oxazole rings is 1. The maximum absolute atomic E-state index is 13.2. The maximum Gasteiger partial charge on any atom is 0.278 e. The van der Waals surface area contributed by atoms with E-state index in [0.29, 0.717) is 12.2 Å². The molecular formula is C25H21N5O3. The molecule has 1 aromatic carbocycles. The number of carbonyl (C=O) groups is 2. The fourth-order valence-corrected chi connectivity index (χ4v) is 4.56. The van der Waals surface area contributed by atoms with Crippen LogP contribution >= 0.6 is 0 Å². The first-order valence-electron chi connectivity index (χ1n) is 10.9. The summed E-state index contributed by atoms with van der Waals surface area (Å²) in [7, 11) is 0. The minimum atomic E-state index is -0.410. The molecule has 2 aliphatic carbocycles. The van der Waals surface area contributed by atoms with Crippen LogP contribution in [0.2, 0.25) is 0 Å². The van der Waals surface area contributed by atoms with Crippen LogP contribution in [0.1, 0.15) is 45.8 Å². The summed E-state index contributed by atoms with van der Waals surface area (Å²) in [5.74, 6) is 0.139. The Balaban J connectivity index is 1.40. The number of nitrogens with zero attached hydrogens (tertiary/aromatic N) is 2. The van der Waals surface area contributed by atoms with E-state index < -0.39 is 5.91 Å². The Labute approximate surface area is 189 Å². The molecule has 3 heterocycles. The van der Waals surface area contributed by atoms with E-state index in [9.17, 15) is 9.59 Å². The fourth-order valence-electron chi connectivity index (χ4n) is 4.56. The summed E-state index contributed by atoms with van der Waals surface area (Å²) in [4.78, 5) is 37.2. The molecule has 0 aliphatic heterocycles. The first-order valence-corrected chi connectivity index (χ1v) is 10.9. The highest BCUT2D eigenvalue weighted by atomic mass is 16.3. The molecule has 0 radical (unpaired) electrons. The lowest BCUT2D eigenvalue weighted by molar-refractivity contribution is 0.0941. The zero-order valence-electron chi connectivity index (χ0n) is 17.7. The molecule has 8 nitrogen and oxygen atoms in total. The molecule has 1 fully saturated rings. The van der Waals surface area contributed by atoms with Crippen LogP contribution in [-0.2, 0) is 6.42 Å². The minimum absolute atomic E-state index is 0.130. The number of rotatable bonds is 5. The van der Waals surface area contributed by atoms with E-state index in [2.05, 4.69) is 25.6 Å². The van der Waals surface area contributed by atoms with E-state index >= 15 is 0 Å². The molecule has 1 saturated carbocycles.